The minimum absolute atomic E-state index is 0.0444. The normalized spacial score (nSPS) is 13.7. The first-order chi connectivity index (χ1) is 35.7. The summed E-state index contributed by atoms with van der Waals surface area (Å²) in [5.41, 5.74) is 9.57. The number of unbranched alkanes of at least 4 members (excludes halogenated alkanes) is 2. The highest BCUT2D eigenvalue weighted by Crippen LogP contribution is 2.27. The Kier molecular flexibility index (Phi) is 24.4. The van der Waals surface area contributed by atoms with Crippen molar-refractivity contribution in [1.82, 2.24) is 26.2 Å². The van der Waals surface area contributed by atoms with Gasteiger partial charge < -0.3 is 51.1 Å². The van der Waals surface area contributed by atoms with Crippen molar-refractivity contribution in [3.05, 3.63) is 126 Å². The number of nitrogens with two attached hydrogens (primary N) is 1. The molecule has 4 aromatic rings. The van der Waals surface area contributed by atoms with Crippen LogP contribution in [0.2, 0.25) is 0 Å². The van der Waals surface area contributed by atoms with Crippen LogP contribution in [0.25, 0.3) is 11.1 Å². The molecule has 0 fully saturated rings. The van der Waals surface area contributed by atoms with E-state index in [0.29, 0.717) is 23.7 Å². The van der Waals surface area contributed by atoms with Crippen molar-refractivity contribution in [3.8, 4) is 16.9 Å². The van der Waals surface area contributed by atoms with E-state index < -0.39 is 102 Å². The zero-order valence-corrected chi connectivity index (χ0v) is 44.5. The van der Waals surface area contributed by atoms with Gasteiger partial charge in [-0.25, -0.2) is 14.5 Å². The van der Waals surface area contributed by atoms with E-state index in [9.17, 15) is 38.7 Å². The molecule has 0 aliphatic rings. The summed E-state index contributed by atoms with van der Waals surface area (Å²) >= 11 is 0. The standard InChI is InChI=1S/C57H76N6O12/c1-9-10-13-26-48(65)61-50(53(68)62-49(37(2)3)55(70)74-34-41-22-16-12-17-23-41)44(32-64)31-59-51(66)39(5)63(56(71)75-57(6,7)8)54(69)38(4)60-52(67)47(58)36-72-35-43-24-18-19-25-46(43)42-27-29-45(30-28-42)73-33-40-20-14-11-15-21-40/h11-12,14-25,27-30,37-39,44,47,49-50,64H,9-10,13,26,31-36,58H2,1-8H3,(H,59,66)(H,60,67)(H,61,65)(H,62,68)/t38-,39-,44?,47-,49?,50?/m0/s1. The molecular weight excluding hydrogens is 961 g/mol. The minimum atomic E-state index is -1.57. The highest BCUT2D eigenvalue weighted by Gasteiger charge is 2.39. The van der Waals surface area contributed by atoms with Gasteiger partial charge in [-0.15, -0.1) is 0 Å². The number of rotatable bonds is 28. The minimum Gasteiger partial charge on any atom is -0.489 e. The van der Waals surface area contributed by atoms with E-state index in [1.807, 2.05) is 91.9 Å². The number of benzene rings is 4. The van der Waals surface area contributed by atoms with Gasteiger partial charge in [0.15, 0.2) is 0 Å². The molecule has 18 heteroatoms. The summed E-state index contributed by atoms with van der Waals surface area (Å²) in [5.74, 6) is -5.60. The van der Waals surface area contributed by atoms with Gasteiger partial charge in [0.25, 0.3) is 5.91 Å². The Hall–Kier alpha value is -7.15. The third-order valence-corrected chi connectivity index (χ3v) is 11.9. The Balaban J connectivity index is 1.41. The number of aliphatic hydroxyl groups excluding tert-OH is 1. The quantitative estimate of drug-likeness (QED) is 0.0278. The number of nitrogens with one attached hydrogen (secondary N) is 4. The van der Waals surface area contributed by atoms with E-state index in [1.54, 1.807) is 58.9 Å². The van der Waals surface area contributed by atoms with Crippen molar-refractivity contribution in [1.29, 1.82) is 0 Å². The first kappa shape index (κ1) is 60.4. The fourth-order valence-corrected chi connectivity index (χ4v) is 7.63. The predicted molar refractivity (Wildman–Crippen MR) is 283 cm³/mol. The Morgan fingerprint density at radius 2 is 1.31 bits per heavy atom. The van der Waals surface area contributed by atoms with Gasteiger partial charge in [0, 0.05) is 18.9 Å². The number of carbonyl (C=O) groups is 7. The molecule has 7 N–H and O–H groups in total. The summed E-state index contributed by atoms with van der Waals surface area (Å²) in [7, 11) is 0. The molecule has 4 aromatic carbocycles. The molecule has 6 atom stereocenters. The highest BCUT2D eigenvalue weighted by atomic mass is 16.6. The molecule has 0 heterocycles. The highest BCUT2D eigenvalue weighted by molar-refractivity contribution is 6.01. The van der Waals surface area contributed by atoms with Crippen molar-refractivity contribution in [3.63, 3.8) is 0 Å². The smallest absolute Gasteiger partial charge is 0.417 e. The molecule has 18 nitrogen and oxygen atoms in total. The van der Waals surface area contributed by atoms with E-state index in [-0.39, 0.29) is 26.2 Å². The van der Waals surface area contributed by atoms with Gasteiger partial charge in [0.05, 0.1) is 19.8 Å². The number of carbonyl (C=O) groups excluding carboxylic acids is 7. The Morgan fingerprint density at radius 1 is 0.693 bits per heavy atom. The molecule has 75 heavy (non-hydrogen) atoms. The van der Waals surface area contributed by atoms with Crippen LogP contribution in [0.4, 0.5) is 4.79 Å². The van der Waals surface area contributed by atoms with E-state index in [1.165, 1.54) is 13.8 Å². The molecular formula is C57H76N6O12. The molecule has 0 radical (unpaired) electrons. The fourth-order valence-electron chi connectivity index (χ4n) is 7.63. The number of hydrogen-bond acceptors (Lipinski definition) is 13. The van der Waals surface area contributed by atoms with Crippen molar-refractivity contribution in [2.45, 2.75) is 137 Å². The molecule has 0 aromatic heterocycles. The predicted octanol–water partition coefficient (Wildman–Crippen LogP) is 6.11. The SMILES string of the molecule is CCCCCC(=O)NC(C(=O)NC(C(=O)OCc1ccccc1)C(C)C)C(CO)CNC(=O)[C@H](C)N(C(=O)OC(C)(C)C)C(=O)[C@H](C)NC(=O)[C@@H](N)COCc1ccccc1-c1ccc(OCc2ccccc2)cc1. The van der Waals surface area contributed by atoms with Gasteiger partial charge in [-0.1, -0.05) is 131 Å². The van der Waals surface area contributed by atoms with E-state index in [0.717, 1.165) is 40.7 Å². The lowest BCUT2D eigenvalue weighted by Gasteiger charge is -2.32. The second kappa shape index (κ2) is 30.3. The van der Waals surface area contributed by atoms with Crippen LogP contribution in [0.5, 0.6) is 5.75 Å². The van der Waals surface area contributed by atoms with Crippen LogP contribution in [0.1, 0.15) is 97.8 Å². The molecule has 3 unspecified atom stereocenters. The summed E-state index contributed by atoms with van der Waals surface area (Å²) in [4.78, 5) is 96.2. The molecule has 0 aliphatic heterocycles. The molecule has 0 bridgehead atoms. The van der Waals surface area contributed by atoms with Gasteiger partial charge in [0.2, 0.25) is 23.6 Å². The number of amides is 6. The lowest BCUT2D eigenvalue weighted by molar-refractivity contribution is -0.151. The number of ether oxygens (including phenoxy) is 4. The maximum atomic E-state index is 14.1. The van der Waals surface area contributed by atoms with Crippen LogP contribution in [-0.2, 0) is 62.8 Å². The summed E-state index contributed by atoms with van der Waals surface area (Å²) in [6.07, 6.45) is 0.995. The first-order valence-corrected chi connectivity index (χ1v) is 25.5. The van der Waals surface area contributed by atoms with E-state index in [2.05, 4.69) is 21.3 Å². The van der Waals surface area contributed by atoms with E-state index in [4.69, 9.17) is 24.7 Å². The molecule has 0 saturated heterocycles. The monoisotopic (exact) mass is 1040 g/mol. The number of hydrogen-bond donors (Lipinski definition) is 6. The van der Waals surface area contributed by atoms with Gasteiger partial charge in [-0.2, -0.15) is 0 Å². The van der Waals surface area contributed by atoms with E-state index >= 15 is 0 Å². The number of nitrogens with zero attached hydrogens (tertiary/aromatic N) is 1. The number of imide groups is 1. The largest absolute Gasteiger partial charge is 0.489 e. The summed E-state index contributed by atoms with van der Waals surface area (Å²) in [6, 6.07) is 27.3. The van der Waals surface area contributed by atoms with Crippen LogP contribution in [0, 0.1) is 11.8 Å². The number of esters is 1. The fraction of sp³-hybridized carbons (Fsp3) is 0.456. The third-order valence-electron chi connectivity index (χ3n) is 11.9. The molecule has 0 aliphatic carbocycles. The van der Waals surface area contributed by atoms with Crippen molar-refractivity contribution < 1.29 is 57.6 Å². The van der Waals surface area contributed by atoms with Crippen LogP contribution < -0.4 is 31.7 Å². The Labute approximate surface area is 440 Å². The molecule has 0 spiro atoms. The van der Waals surface area contributed by atoms with Crippen LogP contribution in [0.15, 0.2) is 109 Å². The van der Waals surface area contributed by atoms with Crippen molar-refractivity contribution in [2.24, 2.45) is 17.6 Å². The average molecular weight is 1040 g/mol. The lowest BCUT2D eigenvalue weighted by Crippen LogP contribution is -2.60. The maximum Gasteiger partial charge on any atom is 0.417 e. The topological polar surface area (TPSA) is 254 Å². The maximum absolute atomic E-state index is 14.1. The van der Waals surface area contributed by atoms with Crippen LogP contribution in [-0.4, -0.2) is 107 Å². The molecule has 4 rings (SSSR count). The van der Waals surface area contributed by atoms with Crippen molar-refractivity contribution >= 4 is 41.6 Å². The lowest BCUT2D eigenvalue weighted by atomic mass is 9.97. The number of aliphatic hydroxyl groups is 1. The molecule has 0 saturated carbocycles. The third kappa shape index (κ3) is 19.9. The zero-order valence-electron chi connectivity index (χ0n) is 44.5. The van der Waals surface area contributed by atoms with Gasteiger partial charge in [-0.3, -0.25) is 24.0 Å². The molecule has 6 amide bonds. The second-order valence-electron chi connectivity index (χ2n) is 19.7. The summed E-state index contributed by atoms with van der Waals surface area (Å²) < 4.78 is 22.9. The Morgan fingerprint density at radius 3 is 1.91 bits per heavy atom. The van der Waals surface area contributed by atoms with Crippen LogP contribution >= 0.6 is 0 Å². The van der Waals surface area contributed by atoms with Gasteiger partial charge >= 0.3 is 12.1 Å². The zero-order chi connectivity index (χ0) is 55.1. The average Bonchev–Trinajstić information content (AvgIpc) is 3.38. The van der Waals surface area contributed by atoms with Crippen molar-refractivity contribution in [2.75, 3.05) is 19.8 Å². The summed E-state index contributed by atoms with van der Waals surface area (Å²) in [6.45, 7) is 11.8. The van der Waals surface area contributed by atoms with Crippen LogP contribution in [0.3, 0.4) is 0 Å². The summed E-state index contributed by atoms with van der Waals surface area (Å²) in [5, 5.41) is 21.1. The Bertz CT molecular complexity index is 2470. The molecule has 406 valence electrons. The first-order valence-electron chi connectivity index (χ1n) is 25.5. The van der Waals surface area contributed by atoms with Gasteiger partial charge in [-0.05, 0) is 86.9 Å². The van der Waals surface area contributed by atoms with Gasteiger partial charge in [0.1, 0.15) is 54.8 Å². The second-order valence-corrected chi connectivity index (χ2v) is 19.7.